The number of para-hydroxylation sites is 2. The summed E-state index contributed by atoms with van der Waals surface area (Å²) >= 11 is 9.84. The van der Waals surface area contributed by atoms with Crippen LogP contribution in [0.5, 0.6) is 0 Å². The quantitative estimate of drug-likeness (QED) is 0.460. The van der Waals surface area contributed by atoms with E-state index < -0.39 is 0 Å². The van der Waals surface area contributed by atoms with Crippen molar-refractivity contribution in [2.45, 2.75) is 13.8 Å². The van der Waals surface area contributed by atoms with E-state index in [1.807, 2.05) is 12.1 Å². The van der Waals surface area contributed by atoms with Crippen molar-refractivity contribution in [3.8, 4) is 0 Å². The number of nitrogens with zero attached hydrogens (tertiary/aromatic N) is 1. The van der Waals surface area contributed by atoms with Gasteiger partial charge in [0.1, 0.15) is 0 Å². The molecule has 0 spiro atoms. The number of anilines is 3. The number of benzene rings is 3. The first kappa shape index (κ1) is 16.1. The standard InChI is InChI=1S/C20H17BrClN/c1-14-7-3-5-9-19(14)23(20-10-6-4-8-15(20)2)18-12-16(21)11-17(22)13-18/h3-13H,1-2H3. The number of hydrogen-bond donors (Lipinski definition) is 0. The average Bonchev–Trinajstić information content (AvgIpc) is 2.50. The predicted molar refractivity (Wildman–Crippen MR) is 103 cm³/mol. The van der Waals surface area contributed by atoms with Gasteiger partial charge < -0.3 is 4.90 Å². The molecule has 0 bridgehead atoms. The van der Waals surface area contributed by atoms with Crippen molar-refractivity contribution in [2.24, 2.45) is 0 Å². The summed E-state index contributed by atoms with van der Waals surface area (Å²) in [5, 5.41) is 0.710. The van der Waals surface area contributed by atoms with Gasteiger partial charge in [0.15, 0.2) is 0 Å². The van der Waals surface area contributed by atoms with Crippen LogP contribution in [0.1, 0.15) is 11.1 Å². The molecule has 1 nitrogen and oxygen atoms in total. The Bertz CT molecular complexity index is 779. The average molecular weight is 387 g/mol. The Hall–Kier alpha value is -1.77. The largest absolute Gasteiger partial charge is 0.310 e. The highest BCUT2D eigenvalue weighted by molar-refractivity contribution is 9.10. The van der Waals surface area contributed by atoms with Gasteiger partial charge in [-0.25, -0.2) is 0 Å². The van der Waals surface area contributed by atoms with Crippen LogP contribution >= 0.6 is 27.5 Å². The molecule has 0 saturated heterocycles. The molecule has 0 fully saturated rings. The normalized spacial score (nSPS) is 10.6. The fourth-order valence-corrected chi connectivity index (χ4v) is 3.55. The molecule has 3 heteroatoms. The molecular formula is C20H17BrClN. The molecule has 0 saturated carbocycles. The SMILES string of the molecule is Cc1ccccc1N(c1cc(Cl)cc(Br)c1)c1ccccc1C. The molecule has 0 heterocycles. The van der Waals surface area contributed by atoms with E-state index in [1.165, 1.54) is 11.1 Å². The third-order valence-corrected chi connectivity index (χ3v) is 4.49. The molecule has 0 N–H and O–H groups in total. The fraction of sp³-hybridized carbons (Fsp3) is 0.100. The van der Waals surface area contributed by atoms with E-state index in [2.05, 4.69) is 89.3 Å². The molecule has 116 valence electrons. The Morgan fingerprint density at radius 2 is 1.30 bits per heavy atom. The minimum atomic E-state index is 0.710. The molecule has 3 rings (SSSR count). The molecule has 0 radical (unpaired) electrons. The summed E-state index contributed by atoms with van der Waals surface area (Å²) in [4.78, 5) is 2.25. The number of rotatable bonds is 3. The molecule has 0 atom stereocenters. The molecule has 3 aromatic carbocycles. The third kappa shape index (κ3) is 3.44. The second kappa shape index (κ2) is 6.77. The summed E-state index contributed by atoms with van der Waals surface area (Å²) in [5.41, 5.74) is 5.76. The topological polar surface area (TPSA) is 3.24 Å². The van der Waals surface area contributed by atoms with Crippen molar-refractivity contribution in [1.82, 2.24) is 0 Å². The summed E-state index contributed by atoms with van der Waals surface area (Å²) in [7, 11) is 0. The van der Waals surface area contributed by atoms with Gasteiger partial charge in [0, 0.05) is 26.6 Å². The van der Waals surface area contributed by atoms with Crippen LogP contribution in [0.3, 0.4) is 0 Å². The van der Waals surface area contributed by atoms with Gasteiger partial charge in [0.05, 0.1) is 0 Å². The maximum Gasteiger partial charge on any atom is 0.0490 e. The summed E-state index contributed by atoms with van der Waals surface area (Å²) in [5.74, 6) is 0. The van der Waals surface area contributed by atoms with Crippen molar-refractivity contribution in [3.05, 3.63) is 87.4 Å². The smallest absolute Gasteiger partial charge is 0.0490 e. The number of hydrogen-bond acceptors (Lipinski definition) is 1. The van der Waals surface area contributed by atoms with E-state index >= 15 is 0 Å². The van der Waals surface area contributed by atoms with Crippen molar-refractivity contribution in [2.75, 3.05) is 4.90 Å². The first-order valence-corrected chi connectivity index (χ1v) is 8.61. The van der Waals surface area contributed by atoms with Gasteiger partial charge in [-0.05, 0) is 55.3 Å². The first-order chi connectivity index (χ1) is 11.1. The van der Waals surface area contributed by atoms with Gasteiger partial charge in [-0.2, -0.15) is 0 Å². The molecule has 0 amide bonds. The van der Waals surface area contributed by atoms with Crippen LogP contribution in [0.2, 0.25) is 5.02 Å². The van der Waals surface area contributed by atoms with Crippen molar-refractivity contribution in [1.29, 1.82) is 0 Å². The summed E-state index contributed by atoms with van der Waals surface area (Å²) in [6.45, 7) is 4.25. The number of aryl methyl sites for hydroxylation is 2. The molecule has 0 unspecified atom stereocenters. The Morgan fingerprint density at radius 1 is 0.783 bits per heavy atom. The van der Waals surface area contributed by atoms with Crippen LogP contribution in [-0.2, 0) is 0 Å². The summed E-state index contributed by atoms with van der Waals surface area (Å²) < 4.78 is 0.965. The van der Waals surface area contributed by atoms with Crippen molar-refractivity contribution >= 4 is 44.6 Å². The Kier molecular flexibility index (Phi) is 4.74. The van der Waals surface area contributed by atoms with E-state index in [0.29, 0.717) is 5.02 Å². The predicted octanol–water partition coefficient (Wildman–Crippen LogP) is 7.19. The van der Waals surface area contributed by atoms with Gasteiger partial charge in [-0.3, -0.25) is 0 Å². The van der Waals surface area contributed by atoms with E-state index in [0.717, 1.165) is 21.5 Å². The van der Waals surface area contributed by atoms with E-state index in [9.17, 15) is 0 Å². The summed E-state index contributed by atoms with van der Waals surface area (Å²) in [6.07, 6.45) is 0. The highest BCUT2D eigenvalue weighted by Crippen LogP contribution is 2.39. The van der Waals surface area contributed by atoms with Crippen LogP contribution in [0.15, 0.2) is 71.2 Å². The Morgan fingerprint density at radius 3 is 1.78 bits per heavy atom. The molecule has 3 aromatic rings. The van der Waals surface area contributed by atoms with Crippen LogP contribution in [0.25, 0.3) is 0 Å². The third-order valence-electron chi connectivity index (χ3n) is 3.82. The lowest BCUT2D eigenvalue weighted by Gasteiger charge is -2.28. The molecule has 0 aromatic heterocycles. The Balaban J connectivity index is 2.26. The van der Waals surface area contributed by atoms with Gasteiger partial charge in [-0.1, -0.05) is 63.9 Å². The first-order valence-electron chi connectivity index (χ1n) is 7.44. The molecule has 0 aliphatic heterocycles. The zero-order valence-electron chi connectivity index (χ0n) is 13.1. The highest BCUT2D eigenvalue weighted by atomic mass is 79.9. The minimum absolute atomic E-state index is 0.710. The monoisotopic (exact) mass is 385 g/mol. The maximum atomic E-state index is 6.29. The van der Waals surface area contributed by atoms with Crippen LogP contribution in [-0.4, -0.2) is 0 Å². The van der Waals surface area contributed by atoms with Gasteiger partial charge in [0.25, 0.3) is 0 Å². The minimum Gasteiger partial charge on any atom is -0.310 e. The lowest BCUT2D eigenvalue weighted by atomic mass is 10.1. The summed E-state index contributed by atoms with van der Waals surface area (Å²) in [6, 6.07) is 22.7. The van der Waals surface area contributed by atoms with Gasteiger partial charge in [0.2, 0.25) is 0 Å². The Labute approximate surface area is 150 Å². The lowest BCUT2D eigenvalue weighted by Crippen LogP contribution is -2.12. The van der Waals surface area contributed by atoms with Gasteiger partial charge >= 0.3 is 0 Å². The van der Waals surface area contributed by atoms with E-state index in [1.54, 1.807) is 0 Å². The zero-order valence-corrected chi connectivity index (χ0v) is 15.4. The maximum absolute atomic E-state index is 6.29. The molecular weight excluding hydrogens is 370 g/mol. The fourth-order valence-electron chi connectivity index (χ4n) is 2.70. The van der Waals surface area contributed by atoms with E-state index in [-0.39, 0.29) is 0 Å². The van der Waals surface area contributed by atoms with Crippen molar-refractivity contribution < 1.29 is 0 Å². The second-order valence-electron chi connectivity index (χ2n) is 5.54. The second-order valence-corrected chi connectivity index (χ2v) is 6.89. The zero-order chi connectivity index (χ0) is 16.4. The molecule has 23 heavy (non-hydrogen) atoms. The molecule has 0 aliphatic carbocycles. The van der Waals surface area contributed by atoms with Crippen LogP contribution in [0.4, 0.5) is 17.1 Å². The van der Waals surface area contributed by atoms with Crippen LogP contribution in [0, 0.1) is 13.8 Å². The lowest BCUT2D eigenvalue weighted by molar-refractivity contribution is 1.22. The van der Waals surface area contributed by atoms with Gasteiger partial charge in [-0.15, -0.1) is 0 Å². The van der Waals surface area contributed by atoms with Crippen molar-refractivity contribution in [3.63, 3.8) is 0 Å². The van der Waals surface area contributed by atoms with E-state index in [4.69, 9.17) is 11.6 Å². The molecule has 0 aliphatic rings. The highest BCUT2D eigenvalue weighted by Gasteiger charge is 2.16. The van der Waals surface area contributed by atoms with Crippen LogP contribution < -0.4 is 4.90 Å². The number of halogens is 2.